The van der Waals surface area contributed by atoms with Gasteiger partial charge in [-0.1, -0.05) is 32.0 Å². The summed E-state index contributed by atoms with van der Waals surface area (Å²) in [7, 11) is 1.76. The van der Waals surface area contributed by atoms with Gasteiger partial charge in [-0.25, -0.2) is 0 Å². The lowest BCUT2D eigenvalue weighted by Crippen LogP contribution is -2.65. The molecule has 5 fully saturated rings. The molecule has 4 saturated carbocycles. The third-order valence-electron chi connectivity index (χ3n) is 12.4. The fraction of sp³-hybridized carbons (Fsp3) is 0.812. The third-order valence-corrected chi connectivity index (χ3v) is 12.4. The monoisotopic (exact) mass is 511 g/mol. The van der Waals surface area contributed by atoms with Crippen molar-refractivity contribution in [3.8, 4) is 5.75 Å². The molecular weight excluding hydrogens is 462 g/mol. The molecule has 5 heteroatoms. The number of hydrogen-bond donors (Lipinski definition) is 2. The summed E-state index contributed by atoms with van der Waals surface area (Å²) in [5.74, 6) is 2.28. The van der Waals surface area contributed by atoms with E-state index in [0.29, 0.717) is 24.4 Å². The summed E-state index contributed by atoms with van der Waals surface area (Å²) in [4.78, 5) is 2.52. The summed E-state index contributed by atoms with van der Waals surface area (Å²) in [5.41, 5.74) is -0.339. The predicted molar refractivity (Wildman–Crippen MR) is 145 cm³/mol. The van der Waals surface area contributed by atoms with Crippen LogP contribution >= 0.6 is 0 Å². The van der Waals surface area contributed by atoms with Crippen molar-refractivity contribution in [2.24, 2.45) is 28.6 Å². The molecule has 1 aromatic rings. The summed E-state index contributed by atoms with van der Waals surface area (Å²) in [6.45, 7) is 8.82. The first-order chi connectivity index (χ1) is 17.8. The van der Waals surface area contributed by atoms with E-state index in [1.54, 1.807) is 7.11 Å². The van der Waals surface area contributed by atoms with Gasteiger partial charge in [-0.3, -0.25) is 0 Å². The highest BCUT2D eigenvalue weighted by molar-refractivity contribution is 5.43. The van der Waals surface area contributed by atoms with Crippen LogP contribution in [-0.2, 0) is 10.3 Å². The number of benzene rings is 1. The Morgan fingerprint density at radius 3 is 2.51 bits per heavy atom. The van der Waals surface area contributed by atoms with E-state index in [1.165, 1.54) is 25.9 Å². The summed E-state index contributed by atoms with van der Waals surface area (Å²) in [6, 6.07) is 8.40. The Morgan fingerprint density at radius 2 is 1.73 bits per heavy atom. The molecule has 4 aliphatic carbocycles. The summed E-state index contributed by atoms with van der Waals surface area (Å²) in [6.07, 6.45) is 11.3. The molecule has 1 aliphatic heterocycles. The maximum absolute atomic E-state index is 12.9. The topological polar surface area (TPSA) is 62.2 Å². The van der Waals surface area contributed by atoms with Gasteiger partial charge < -0.3 is 24.6 Å². The molecule has 1 heterocycles. The molecule has 5 aliphatic rings. The summed E-state index contributed by atoms with van der Waals surface area (Å²) in [5, 5.41) is 23.3. The van der Waals surface area contributed by atoms with Crippen molar-refractivity contribution in [3.63, 3.8) is 0 Å². The van der Waals surface area contributed by atoms with Crippen molar-refractivity contribution in [2.75, 3.05) is 33.4 Å². The number of rotatable bonds is 6. The highest BCUT2D eigenvalue weighted by atomic mass is 16.5. The van der Waals surface area contributed by atoms with Crippen molar-refractivity contribution in [2.45, 2.75) is 102 Å². The fourth-order valence-electron chi connectivity index (χ4n) is 10.3. The van der Waals surface area contributed by atoms with Crippen LogP contribution < -0.4 is 4.74 Å². The Balaban J connectivity index is 1.36. The largest absolute Gasteiger partial charge is 0.496 e. The summed E-state index contributed by atoms with van der Waals surface area (Å²) < 4.78 is 13.1. The van der Waals surface area contributed by atoms with Gasteiger partial charge in [-0.15, -0.1) is 0 Å². The van der Waals surface area contributed by atoms with Crippen molar-refractivity contribution in [1.82, 2.24) is 4.90 Å². The van der Waals surface area contributed by atoms with Crippen molar-refractivity contribution < 1.29 is 19.7 Å². The number of aliphatic hydroxyl groups excluding tert-OH is 1. The van der Waals surface area contributed by atoms with Gasteiger partial charge >= 0.3 is 0 Å². The van der Waals surface area contributed by atoms with Gasteiger partial charge in [-0.05, 0) is 113 Å². The molecule has 206 valence electrons. The minimum atomic E-state index is -0.755. The SMILES string of the molecule is COc1ccccc1C1(OCCN2CCCC2)CC[C@@]2(O)[C@@H]3CCC4CC(O)CC[C@]4(C)[C@@H]3CC[C@]12C. The van der Waals surface area contributed by atoms with Crippen molar-refractivity contribution in [3.05, 3.63) is 29.8 Å². The summed E-state index contributed by atoms with van der Waals surface area (Å²) >= 11 is 0. The van der Waals surface area contributed by atoms with Crippen LogP contribution in [0.3, 0.4) is 0 Å². The molecule has 1 aromatic carbocycles. The van der Waals surface area contributed by atoms with E-state index in [9.17, 15) is 10.2 Å². The minimum absolute atomic E-state index is 0.139. The van der Waals surface area contributed by atoms with Gasteiger partial charge in [0.25, 0.3) is 0 Å². The zero-order valence-corrected chi connectivity index (χ0v) is 23.4. The second-order valence-corrected chi connectivity index (χ2v) is 13.6. The Hall–Kier alpha value is -1.14. The van der Waals surface area contributed by atoms with Gasteiger partial charge in [0.15, 0.2) is 0 Å². The van der Waals surface area contributed by atoms with Gasteiger partial charge in [0, 0.05) is 17.5 Å². The average molecular weight is 512 g/mol. The number of ether oxygens (including phenoxy) is 2. The van der Waals surface area contributed by atoms with E-state index in [0.717, 1.165) is 75.6 Å². The van der Waals surface area contributed by atoms with E-state index >= 15 is 0 Å². The van der Waals surface area contributed by atoms with Crippen LogP contribution in [0.25, 0.3) is 0 Å². The van der Waals surface area contributed by atoms with Crippen molar-refractivity contribution in [1.29, 1.82) is 0 Å². The van der Waals surface area contributed by atoms with Crippen LogP contribution in [0, 0.1) is 28.6 Å². The Kier molecular flexibility index (Phi) is 6.70. The second-order valence-electron chi connectivity index (χ2n) is 13.6. The molecule has 0 radical (unpaired) electrons. The minimum Gasteiger partial charge on any atom is -0.496 e. The third kappa shape index (κ3) is 3.77. The first-order valence-corrected chi connectivity index (χ1v) is 15.2. The number of para-hydroxylation sites is 1. The van der Waals surface area contributed by atoms with Gasteiger partial charge in [-0.2, -0.15) is 0 Å². The fourth-order valence-corrected chi connectivity index (χ4v) is 10.3. The molecule has 0 bridgehead atoms. The smallest absolute Gasteiger partial charge is 0.124 e. The molecule has 5 nitrogen and oxygen atoms in total. The molecule has 3 unspecified atom stereocenters. The maximum atomic E-state index is 12.9. The Morgan fingerprint density at radius 1 is 0.946 bits per heavy atom. The zero-order valence-electron chi connectivity index (χ0n) is 23.4. The number of hydrogen-bond acceptors (Lipinski definition) is 5. The van der Waals surface area contributed by atoms with Crippen LogP contribution in [0.2, 0.25) is 0 Å². The maximum Gasteiger partial charge on any atom is 0.124 e. The number of nitrogens with zero attached hydrogens (tertiary/aromatic N) is 1. The van der Waals surface area contributed by atoms with E-state index < -0.39 is 11.2 Å². The number of likely N-dealkylation sites (tertiary alicyclic amines) is 1. The predicted octanol–water partition coefficient (Wildman–Crippen LogP) is 5.52. The Labute approximate surface area is 223 Å². The molecule has 0 amide bonds. The van der Waals surface area contributed by atoms with Crippen LogP contribution in [0.1, 0.15) is 90.0 Å². The van der Waals surface area contributed by atoms with Crippen LogP contribution in [0.4, 0.5) is 0 Å². The number of fused-ring (bicyclic) bond motifs is 5. The molecule has 0 aromatic heterocycles. The number of methoxy groups -OCH3 is 1. The lowest BCUT2D eigenvalue weighted by atomic mass is 9.42. The quantitative estimate of drug-likeness (QED) is 0.527. The van der Waals surface area contributed by atoms with E-state index in [2.05, 4.69) is 36.9 Å². The first-order valence-electron chi connectivity index (χ1n) is 15.2. The first kappa shape index (κ1) is 26.1. The van der Waals surface area contributed by atoms with Crippen LogP contribution in [0.5, 0.6) is 5.75 Å². The highest BCUT2D eigenvalue weighted by Crippen LogP contribution is 2.73. The molecular formula is C32H49NO4. The average Bonchev–Trinajstić information content (AvgIpc) is 3.50. The van der Waals surface area contributed by atoms with E-state index in [4.69, 9.17) is 9.47 Å². The van der Waals surface area contributed by atoms with Crippen LogP contribution in [0.15, 0.2) is 24.3 Å². The molecule has 37 heavy (non-hydrogen) atoms. The standard InChI is InChI=1S/C32H49NO4/c1-29-14-12-24(34)22-23(29)10-11-26-25(29)13-15-30(2)31(26,35)16-17-32(30,27-8-4-5-9-28(27)36-3)37-21-20-33-18-6-7-19-33/h4-5,8-9,23-26,34-35H,6-7,10-22H2,1-3H3/t23?,24?,25-,26-,29+,30+,31-,32?/m1/s1. The molecule has 2 N–H and O–H groups in total. The van der Waals surface area contributed by atoms with E-state index in [1.807, 2.05) is 6.07 Å². The normalized spacial score (nSPS) is 45.8. The molecule has 6 rings (SSSR count). The van der Waals surface area contributed by atoms with Gasteiger partial charge in [0.1, 0.15) is 11.4 Å². The Bertz CT molecular complexity index is 979. The molecule has 8 atom stereocenters. The van der Waals surface area contributed by atoms with Crippen LogP contribution in [-0.4, -0.2) is 60.2 Å². The lowest BCUT2D eigenvalue weighted by Gasteiger charge is -2.64. The lowest BCUT2D eigenvalue weighted by molar-refractivity contribution is -0.249. The second kappa shape index (κ2) is 9.50. The van der Waals surface area contributed by atoms with Crippen molar-refractivity contribution >= 4 is 0 Å². The highest BCUT2D eigenvalue weighted by Gasteiger charge is 2.73. The molecule has 1 saturated heterocycles. The molecule has 0 spiro atoms. The van der Waals surface area contributed by atoms with Gasteiger partial charge in [0.05, 0.1) is 25.4 Å². The van der Waals surface area contributed by atoms with Gasteiger partial charge in [0.2, 0.25) is 0 Å². The van der Waals surface area contributed by atoms with E-state index in [-0.39, 0.29) is 16.9 Å². The number of aliphatic hydroxyl groups is 2. The zero-order chi connectivity index (χ0) is 25.9.